The Labute approximate surface area is 96.2 Å². The third kappa shape index (κ3) is 2.02. The van der Waals surface area contributed by atoms with Crippen molar-refractivity contribution in [2.75, 3.05) is 7.05 Å². The number of rotatable bonds is 3. The minimum atomic E-state index is -0.392. The predicted octanol–water partition coefficient (Wildman–Crippen LogP) is 1.17. The van der Waals surface area contributed by atoms with Crippen molar-refractivity contribution in [3.8, 4) is 5.69 Å². The summed E-state index contributed by atoms with van der Waals surface area (Å²) in [6.07, 6.45) is 0. The van der Waals surface area contributed by atoms with Gasteiger partial charge in [-0.05, 0) is 35.7 Å². The summed E-state index contributed by atoms with van der Waals surface area (Å²) in [6.45, 7) is 0.501. The maximum Gasteiger partial charge on any atom is 0.170 e. The summed E-state index contributed by atoms with van der Waals surface area (Å²) >= 11 is 5.92. The van der Waals surface area contributed by atoms with Gasteiger partial charge in [0, 0.05) is 0 Å². The largest absolute Gasteiger partial charge is 0.313 e. The van der Waals surface area contributed by atoms with Crippen LogP contribution in [0.2, 0.25) is 5.02 Å². The van der Waals surface area contributed by atoms with Gasteiger partial charge in [0.05, 0.1) is 17.3 Å². The van der Waals surface area contributed by atoms with E-state index in [0.717, 1.165) is 0 Å². The first-order chi connectivity index (χ1) is 7.72. The second-order valence-electron chi connectivity index (χ2n) is 3.13. The molecule has 0 aliphatic rings. The van der Waals surface area contributed by atoms with Crippen LogP contribution in [-0.4, -0.2) is 27.3 Å². The van der Waals surface area contributed by atoms with Crippen molar-refractivity contribution in [1.82, 2.24) is 25.5 Å². The average Bonchev–Trinajstić information content (AvgIpc) is 2.67. The molecule has 0 saturated carbocycles. The van der Waals surface area contributed by atoms with Crippen molar-refractivity contribution in [2.45, 2.75) is 6.54 Å². The van der Waals surface area contributed by atoms with E-state index in [1.165, 1.54) is 22.9 Å². The van der Waals surface area contributed by atoms with Gasteiger partial charge in [0.15, 0.2) is 5.82 Å². The molecule has 1 aromatic heterocycles. The number of nitrogens with one attached hydrogen (secondary N) is 1. The van der Waals surface area contributed by atoms with E-state index < -0.39 is 5.82 Å². The summed E-state index contributed by atoms with van der Waals surface area (Å²) in [4.78, 5) is 0. The lowest BCUT2D eigenvalue weighted by atomic mass is 10.3. The Morgan fingerprint density at radius 1 is 1.50 bits per heavy atom. The fourth-order valence-electron chi connectivity index (χ4n) is 1.31. The van der Waals surface area contributed by atoms with Gasteiger partial charge in [0.25, 0.3) is 0 Å². The van der Waals surface area contributed by atoms with Crippen LogP contribution in [0.15, 0.2) is 18.2 Å². The number of hydrogen-bond donors (Lipinski definition) is 1. The van der Waals surface area contributed by atoms with E-state index in [1.807, 2.05) is 0 Å². The molecule has 1 aromatic carbocycles. The van der Waals surface area contributed by atoms with Crippen LogP contribution in [0.4, 0.5) is 4.39 Å². The zero-order valence-corrected chi connectivity index (χ0v) is 9.24. The molecule has 5 nitrogen and oxygen atoms in total. The number of nitrogens with zero attached hydrogens (tertiary/aromatic N) is 4. The lowest BCUT2D eigenvalue weighted by Gasteiger charge is -2.05. The number of benzene rings is 1. The third-order valence-electron chi connectivity index (χ3n) is 2.01. The van der Waals surface area contributed by atoms with Crippen molar-refractivity contribution >= 4 is 11.6 Å². The van der Waals surface area contributed by atoms with Crippen LogP contribution in [0.1, 0.15) is 5.82 Å². The van der Waals surface area contributed by atoms with E-state index in [4.69, 9.17) is 11.6 Å². The Morgan fingerprint density at radius 2 is 2.31 bits per heavy atom. The molecule has 7 heteroatoms. The predicted molar refractivity (Wildman–Crippen MR) is 56.9 cm³/mol. The van der Waals surface area contributed by atoms with E-state index in [2.05, 4.69) is 20.8 Å². The molecule has 0 bridgehead atoms. The Hall–Kier alpha value is -1.53. The minimum absolute atomic E-state index is 0.268. The van der Waals surface area contributed by atoms with E-state index in [-0.39, 0.29) is 5.02 Å². The van der Waals surface area contributed by atoms with Crippen LogP contribution in [0.5, 0.6) is 0 Å². The van der Waals surface area contributed by atoms with Crippen molar-refractivity contribution in [3.63, 3.8) is 0 Å². The highest BCUT2D eigenvalue weighted by Gasteiger charge is 2.10. The Bertz CT molecular complexity index is 498. The van der Waals surface area contributed by atoms with E-state index in [0.29, 0.717) is 18.1 Å². The monoisotopic (exact) mass is 241 g/mol. The highest BCUT2D eigenvalue weighted by atomic mass is 35.5. The molecule has 0 saturated heterocycles. The average molecular weight is 242 g/mol. The molecule has 0 aliphatic carbocycles. The molecule has 1 heterocycles. The quantitative estimate of drug-likeness (QED) is 0.877. The zero-order chi connectivity index (χ0) is 11.5. The minimum Gasteiger partial charge on any atom is -0.313 e. The van der Waals surface area contributed by atoms with Crippen molar-refractivity contribution < 1.29 is 4.39 Å². The lowest BCUT2D eigenvalue weighted by Crippen LogP contribution is -2.12. The highest BCUT2D eigenvalue weighted by Crippen LogP contribution is 2.21. The normalized spacial score (nSPS) is 10.7. The lowest BCUT2D eigenvalue weighted by molar-refractivity contribution is 0.626. The first-order valence-electron chi connectivity index (χ1n) is 4.59. The fraction of sp³-hybridized carbons (Fsp3) is 0.222. The van der Waals surface area contributed by atoms with Gasteiger partial charge in [-0.1, -0.05) is 11.6 Å². The summed E-state index contributed by atoms with van der Waals surface area (Å²) in [5.41, 5.74) is 0.554. The van der Waals surface area contributed by atoms with Crippen molar-refractivity contribution in [1.29, 1.82) is 0 Å². The first-order valence-corrected chi connectivity index (χ1v) is 4.97. The molecule has 0 spiro atoms. The van der Waals surface area contributed by atoms with Crippen molar-refractivity contribution in [2.24, 2.45) is 0 Å². The Morgan fingerprint density at radius 3 is 3.00 bits per heavy atom. The number of hydrogen-bond acceptors (Lipinski definition) is 4. The van der Waals surface area contributed by atoms with E-state index in [9.17, 15) is 4.39 Å². The topological polar surface area (TPSA) is 55.6 Å². The maximum atomic E-state index is 12.9. The molecule has 2 aromatic rings. The van der Waals surface area contributed by atoms with Gasteiger partial charge < -0.3 is 5.32 Å². The van der Waals surface area contributed by atoms with Crippen LogP contribution < -0.4 is 5.32 Å². The van der Waals surface area contributed by atoms with Gasteiger partial charge in [-0.25, -0.2) is 4.39 Å². The Kier molecular flexibility index (Phi) is 3.12. The first kappa shape index (κ1) is 11.0. The highest BCUT2D eigenvalue weighted by molar-refractivity contribution is 6.32. The molecule has 0 radical (unpaired) electrons. The number of aromatic nitrogens is 4. The smallest absolute Gasteiger partial charge is 0.170 e. The summed E-state index contributed by atoms with van der Waals surface area (Å²) in [6, 6.07) is 4.07. The van der Waals surface area contributed by atoms with Gasteiger partial charge in [-0.15, -0.1) is 5.10 Å². The standard InChI is InChI=1S/C9H9ClFN5/c1-12-5-9-13-14-15-16(9)8-3-2-6(11)4-7(8)10/h2-4,12H,5H2,1H3. The zero-order valence-electron chi connectivity index (χ0n) is 8.48. The molecule has 1 N–H and O–H groups in total. The molecule has 84 valence electrons. The van der Waals surface area contributed by atoms with Crippen LogP contribution in [0, 0.1) is 5.82 Å². The van der Waals surface area contributed by atoms with Gasteiger partial charge in [0.2, 0.25) is 0 Å². The second-order valence-corrected chi connectivity index (χ2v) is 3.54. The van der Waals surface area contributed by atoms with E-state index in [1.54, 1.807) is 7.05 Å². The number of tetrazole rings is 1. The van der Waals surface area contributed by atoms with Crippen molar-refractivity contribution in [3.05, 3.63) is 34.9 Å². The Balaban J connectivity index is 2.46. The summed E-state index contributed by atoms with van der Waals surface area (Å²) in [5, 5.41) is 14.4. The summed E-state index contributed by atoms with van der Waals surface area (Å²) < 4.78 is 14.4. The van der Waals surface area contributed by atoms with Crippen LogP contribution >= 0.6 is 11.6 Å². The SMILES string of the molecule is CNCc1nnnn1-c1ccc(F)cc1Cl. The van der Waals surface area contributed by atoms with Gasteiger partial charge >= 0.3 is 0 Å². The van der Waals surface area contributed by atoms with Gasteiger partial charge in [0.1, 0.15) is 5.82 Å². The second kappa shape index (κ2) is 4.54. The van der Waals surface area contributed by atoms with E-state index >= 15 is 0 Å². The summed E-state index contributed by atoms with van der Waals surface area (Å²) in [5.74, 6) is 0.216. The van der Waals surface area contributed by atoms with Gasteiger partial charge in [-0.2, -0.15) is 4.68 Å². The molecule has 0 aliphatic heterocycles. The van der Waals surface area contributed by atoms with Crippen LogP contribution in [0.3, 0.4) is 0 Å². The molecule has 2 rings (SSSR count). The summed E-state index contributed by atoms with van der Waals surface area (Å²) in [7, 11) is 1.78. The fourth-order valence-corrected chi connectivity index (χ4v) is 1.56. The van der Waals surface area contributed by atoms with Gasteiger partial charge in [-0.3, -0.25) is 0 Å². The molecule has 0 unspecified atom stereocenters. The molecule has 0 amide bonds. The van der Waals surface area contributed by atoms with Crippen LogP contribution in [0.25, 0.3) is 5.69 Å². The number of halogens is 2. The molecular weight excluding hydrogens is 233 g/mol. The maximum absolute atomic E-state index is 12.9. The molecule has 16 heavy (non-hydrogen) atoms. The molecule has 0 fully saturated rings. The van der Waals surface area contributed by atoms with Crippen LogP contribution in [-0.2, 0) is 6.54 Å². The molecular formula is C9H9ClFN5. The molecule has 0 atom stereocenters. The third-order valence-corrected chi connectivity index (χ3v) is 2.31.